The van der Waals surface area contributed by atoms with E-state index in [1.54, 1.807) is 48.5 Å². The van der Waals surface area contributed by atoms with E-state index in [1.165, 1.54) is 13.2 Å². The minimum Gasteiger partial charge on any atom is -0.494 e. The van der Waals surface area contributed by atoms with Crippen molar-refractivity contribution in [2.45, 2.75) is 6.92 Å². The second kappa shape index (κ2) is 7.65. The number of aliphatic imine (C=N–C) groups is 1. The molecule has 3 rings (SSSR count). The molecular weight excluding hydrogens is 334 g/mol. The summed E-state index contributed by atoms with van der Waals surface area (Å²) in [6.07, 6.45) is 1.51. The Balaban J connectivity index is 1.91. The SMILES string of the molecule is CCOc1ccc(C2=N/C(=C/c3ccccc3C(=O)OC)C(=O)O2)cc1. The Bertz CT molecular complexity index is 897. The lowest BCUT2D eigenvalue weighted by Gasteiger charge is -2.03. The number of ether oxygens (including phenoxy) is 3. The molecule has 1 heterocycles. The molecule has 6 heteroatoms. The molecule has 0 saturated carbocycles. The molecule has 0 bridgehead atoms. The van der Waals surface area contributed by atoms with Crippen LogP contribution in [0, 0.1) is 0 Å². The Morgan fingerprint density at radius 3 is 2.58 bits per heavy atom. The smallest absolute Gasteiger partial charge is 0.363 e. The molecule has 0 saturated heterocycles. The first-order chi connectivity index (χ1) is 12.6. The molecule has 2 aromatic carbocycles. The van der Waals surface area contributed by atoms with Gasteiger partial charge in [0, 0.05) is 5.56 Å². The largest absolute Gasteiger partial charge is 0.494 e. The second-order valence-corrected chi connectivity index (χ2v) is 5.37. The van der Waals surface area contributed by atoms with Crippen LogP contribution in [0.3, 0.4) is 0 Å². The molecule has 0 atom stereocenters. The van der Waals surface area contributed by atoms with Gasteiger partial charge in [-0.25, -0.2) is 14.6 Å². The molecule has 1 aliphatic rings. The fourth-order valence-electron chi connectivity index (χ4n) is 2.46. The summed E-state index contributed by atoms with van der Waals surface area (Å²) < 4.78 is 15.4. The average molecular weight is 351 g/mol. The van der Waals surface area contributed by atoms with Gasteiger partial charge in [-0.1, -0.05) is 18.2 Å². The minimum absolute atomic E-state index is 0.116. The van der Waals surface area contributed by atoms with E-state index < -0.39 is 11.9 Å². The summed E-state index contributed by atoms with van der Waals surface area (Å²) in [7, 11) is 1.30. The molecule has 1 aliphatic heterocycles. The third-order valence-electron chi connectivity index (χ3n) is 3.69. The first-order valence-corrected chi connectivity index (χ1v) is 8.05. The fraction of sp³-hybridized carbons (Fsp3) is 0.150. The summed E-state index contributed by atoms with van der Waals surface area (Å²) in [6.45, 7) is 2.47. The highest BCUT2D eigenvalue weighted by atomic mass is 16.6. The summed E-state index contributed by atoms with van der Waals surface area (Å²) in [5.41, 5.74) is 1.65. The number of esters is 2. The zero-order chi connectivity index (χ0) is 18.5. The van der Waals surface area contributed by atoms with E-state index in [2.05, 4.69) is 4.99 Å². The van der Waals surface area contributed by atoms with Crippen molar-refractivity contribution >= 4 is 23.9 Å². The average Bonchev–Trinajstić information content (AvgIpc) is 3.03. The molecule has 0 N–H and O–H groups in total. The van der Waals surface area contributed by atoms with Crippen molar-refractivity contribution in [1.29, 1.82) is 0 Å². The molecule has 0 spiro atoms. The Hall–Kier alpha value is -3.41. The first kappa shape index (κ1) is 17.4. The van der Waals surface area contributed by atoms with E-state index in [9.17, 15) is 9.59 Å². The molecule has 0 aromatic heterocycles. The van der Waals surface area contributed by atoms with E-state index in [-0.39, 0.29) is 11.6 Å². The maximum atomic E-state index is 12.1. The second-order valence-electron chi connectivity index (χ2n) is 5.37. The number of rotatable bonds is 5. The van der Waals surface area contributed by atoms with Crippen molar-refractivity contribution in [3.05, 3.63) is 70.9 Å². The highest BCUT2D eigenvalue weighted by Gasteiger charge is 2.25. The molecule has 132 valence electrons. The van der Waals surface area contributed by atoms with Crippen molar-refractivity contribution in [3.8, 4) is 5.75 Å². The van der Waals surface area contributed by atoms with Gasteiger partial charge in [0.2, 0.25) is 5.90 Å². The number of hydrogen-bond donors (Lipinski definition) is 0. The standard InChI is InChI=1S/C20H17NO5/c1-3-25-15-10-8-13(9-11-15)18-21-17(20(23)26-18)12-14-6-4-5-7-16(14)19(22)24-2/h4-12H,3H2,1-2H3/b17-12+. The Labute approximate surface area is 150 Å². The fourth-order valence-corrected chi connectivity index (χ4v) is 2.46. The van der Waals surface area contributed by atoms with Crippen LogP contribution in [-0.2, 0) is 14.3 Å². The van der Waals surface area contributed by atoms with Gasteiger partial charge >= 0.3 is 11.9 Å². The highest BCUT2D eigenvalue weighted by molar-refractivity contribution is 6.13. The van der Waals surface area contributed by atoms with Crippen LogP contribution in [0.25, 0.3) is 6.08 Å². The van der Waals surface area contributed by atoms with E-state index in [0.29, 0.717) is 23.3 Å². The minimum atomic E-state index is -0.575. The van der Waals surface area contributed by atoms with Crippen molar-refractivity contribution in [1.82, 2.24) is 0 Å². The van der Waals surface area contributed by atoms with E-state index >= 15 is 0 Å². The zero-order valence-electron chi connectivity index (χ0n) is 14.4. The number of nitrogens with zero attached hydrogens (tertiary/aromatic N) is 1. The lowest BCUT2D eigenvalue weighted by atomic mass is 10.1. The normalized spacial score (nSPS) is 14.8. The summed E-state index contributed by atoms with van der Waals surface area (Å²) in [6, 6.07) is 13.9. The number of hydrogen-bond acceptors (Lipinski definition) is 6. The van der Waals surface area contributed by atoms with Crippen molar-refractivity contribution < 1.29 is 23.8 Å². The summed E-state index contributed by atoms with van der Waals surface area (Å²) in [4.78, 5) is 28.2. The number of benzene rings is 2. The van der Waals surface area contributed by atoms with Crippen molar-refractivity contribution in [2.24, 2.45) is 4.99 Å². The molecule has 0 unspecified atom stereocenters. The van der Waals surface area contributed by atoms with Gasteiger partial charge in [0.25, 0.3) is 0 Å². The molecule has 0 fully saturated rings. The van der Waals surface area contributed by atoms with E-state index in [4.69, 9.17) is 14.2 Å². The first-order valence-electron chi connectivity index (χ1n) is 8.05. The van der Waals surface area contributed by atoms with Crippen LogP contribution < -0.4 is 4.74 Å². The van der Waals surface area contributed by atoms with Gasteiger partial charge in [-0.15, -0.1) is 0 Å². The van der Waals surface area contributed by atoms with Crippen LogP contribution in [-0.4, -0.2) is 31.6 Å². The topological polar surface area (TPSA) is 74.2 Å². The predicted molar refractivity (Wildman–Crippen MR) is 96.0 cm³/mol. The van der Waals surface area contributed by atoms with Gasteiger partial charge in [0.1, 0.15) is 5.75 Å². The lowest BCUT2D eigenvalue weighted by Crippen LogP contribution is -2.06. The Morgan fingerprint density at radius 2 is 1.88 bits per heavy atom. The highest BCUT2D eigenvalue weighted by Crippen LogP contribution is 2.22. The summed E-state index contributed by atoms with van der Waals surface area (Å²) in [5, 5.41) is 0. The van der Waals surface area contributed by atoms with Crippen LogP contribution in [0.15, 0.2) is 59.2 Å². The van der Waals surface area contributed by atoms with Crippen LogP contribution in [0.1, 0.15) is 28.4 Å². The number of carbonyl (C=O) groups excluding carboxylic acids is 2. The molecule has 26 heavy (non-hydrogen) atoms. The van der Waals surface area contributed by atoms with E-state index in [1.807, 2.05) is 6.92 Å². The summed E-state index contributed by atoms with van der Waals surface area (Å²) >= 11 is 0. The molecule has 6 nitrogen and oxygen atoms in total. The van der Waals surface area contributed by atoms with Gasteiger partial charge in [-0.3, -0.25) is 0 Å². The maximum Gasteiger partial charge on any atom is 0.363 e. The van der Waals surface area contributed by atoms with Crippen LogP contribution in [0.5, 0.6) is 5.75 Å². The van der Waals surface area contributed by atoms with Crippen molar-refractivity contribution in [2.75, 3.05) is 13.7 Å². The Kier molecular flexibility index (Phi) is 5.12. The molecule has 0 amide bonds. The van der Waals surface area contributed by atoms with Crippen LogP contribution in [0.4, 0.5) is 0 Å². The maximum absolute atomic E-state index is 12.1. The molecule has 0 radical (unpaired) electrons. The Morgan fingerprint density at radius 1 is 1.15 bits per heavy atom. The lowest BCUT2D eigenvalue weighted by molar-refractivity contribution is -0.129. The number of methoxy groups -OCH3 is 1. The third-order valence-corrected chi connectivity index (χ3v) is 3.69. The van der Waals surface area contributed by atoms with Gasteiger partial charge in [0.05, 0.1) is 19.3 Å². The predicted octanol–water partition coefficient (Wildman–Crippen LogP) is 3.22. The van der Waals surface area contributed by atoms with Gasteiger partial charge < -0.3 is 14.2 Å². The monoisotopic (exact) mass is 351 g/mol. The van der Waals surface area contributed by atoms with Crippen LogP contribution in [0.2, 0.25) is 0 Å². The zero-order valence-corrected chi connectivity index (χ0v) is 14.4. The summed E-state index contributed by atoms with van der Waals surface area (Å²) in [5.74, 6) is -0.128. The van der Waals surface area contributed by atoms with Gasteiger partial charge in [-0.05, 0) is 48.9 Å². The molecule has 2 aromatic rings. The quantitative estimate of drug-likeness (QED) is 0.611. The van der Waals surface area contributed by atoms with E-state index in [0.717, 1.165) is 5.75 Å². The van der Waals surface area contributed by atoms with Gasteiger partial charge in [-0.2, -0.15) is 0 Å². The number of carbonyl (C=O) groups is 2. The molecule has 0 aliphatic carbocycles. The van der Waals surface area contributed by atoms with Crippen molar-refractivity contribution in [3.63, 3.8) is 0 Å². The van der Waals surface area contributed by atoms with Gasteiger partial charge in [0.15, 0.2) is 5.70 Å². The number of cyclic esters (lactones) is 1. The molecular formula is C20H17NO5. The van der Waals surface area contributed by atoms with Crippen LogP contribution >= 0.6 is 0 Å². The third kappa shape index (κ3) is 3.64.